The van der Waals surface area contributed by atoms with E-state index in [9.17, 15) is 4.79 Å². The molecule has 0 saturated heterocycles. The van der Waals surface area contributed by atoms with Crippen LogP contribution >= 0.6 is 0 Å². The molecule has 0 aromatic heterocycles. The molecule has 15 heavy (non-hydrogen) atoms. The van der Waals surface area contributed by atoms with Crippen LogP contribution in [0.2, 0.25) is 0 Å². The first-order valence-electron chi connectivity index (χ1n) is 6.26. The molecule has 90 valence electrons. The first-order valence-corrected chi connectivity index (χ1v) is 6.26. The van der Waals surface area contributed by atoms with Gasteiger partial charge in [0, 0.05) is 5.92 Å². The van der Waals surface area contributed by atoms with Gasteiger partial charge in [-0.1, -0.05) is 52.4 Å². The summed E-state index contributed by atoms with van der Waals surface area (Å²) in [4.78, 5) is 11.3. The molecule has 0 heterocycles. The normalized spacial score (nSPS) is 12.5. The number of nitrogens with two attached hydrogens (primary N) is 1. The standard InChI is InChI=1S/C12H26N2O/c1-3-5-6-7-8-9-10-11(4-2)12(15)14-13/h11H,3-10,13H2,1-2H3,(H,14,15). The van der Waals surface area contributed by atoms with Crippen molar-refractivity contribution in [1.29, 1.82) is 0 Å². The Morgan fingerprint density at radius 3 is 2.27 bits per heavy atom. The van der Waals surface area contributed by atoms with E-state index in [2.05, 4.69) is 12.3 Å². The van der Waals surface area contributed by atoms with Crippen molar-refractivity contribution < 1.29 is 4.79 Å². The highest BCUT2D eigenvalue weighted by atomic mass is 16.2. The van der Waals surface area contributed by atoms with Crippen LogP contribution in [0.25, 0.3) is 0 Å². The second kappa shape index (κ2) is 9.97. The van der Waals surface area contributed by atoms with E-state index in [1.807, 2.05) is 6.92 Å². The fourth-order valence-electron chi connectivity index (χ4n) is 1.81. The molecular weight excluding hydrogens is 188 g/mol. The maximum atomic E-state index is 11.3. The monoisotopic (exact) mass is 214 g/mol. The Bertz CT molecular complexity index is 160. The number of amides is 1. The zero-order valence-corrected chi connectivity index (χ0v) is 10.2. The second-order valence-corrected chi connectivity index (χ2v) is 4.17. The van der Waals surface area contributed by atoms with Gasteiger partial charge in [0.1, 0.15) is 0 Å². The van der Waals surface area contributed by atoms with Gasteiger partial charge in [-0.05, 0) is 12.8 Å². The summed E-state index contributed by atoms with van der Waals surface area (Å²) >= 11 is 0. The molecule has 0 rings (SSSR count). The smallest absolute Gasteiger partial charge is 0.236 e. The maximum absolute atomic E-state index is 11.3. The van der Waals surface area contributed by atoms with Crippen molar-refractivity contribution in [2.45, 2.75) is 65.2 Å². The summed E-state index contributed by atoms with van der Waals surface area (Å²) in [5.41, 5.74) is 2.24. The van der Waals surface area contributed by atoms with Gasteiger partial charge in [0.25, 0.3) is 0 Å². The van der Waals surface area contributed by atoms with Gasteiger partial charge in [0.15, 0.2) is 0 Å². The van der Waals surface area contributed by atoms with Crippen molar-refractivity contribution in [3.05, 3.63) is 0 Å². The average molecular weight is 214 g/mol. The van der Waals surface area contributed by atoms with Crippen molar-refractivity contribution >= 4 is 5.91 Å². The Balaban J connectivity index is 3.42. The van der Waals surface area contributed by atoms with Gasteiger partial charge >= 0.3 is 0 Å². The molecule has 0 fully saturated rings. The summed E-state index contributed by atoms with van der Waals surface area (Å²) in [6, 6.07) is 0. The van der Waals surface area contributed by atoms with Crippen LogP contribution in [0, 0.1) is 5.92 Å². The third-order valence-electron chi connectivity index (χ3n) is 2.91. The number of carbonyl (C=O) groups excluding carboxylic acids is 1. The highest BCUT2D eigenvalue weighted by Gasteiger charge is 2.13. The van der Waals surface area contributed by atoms with E-state index in [1.54, 1.807) is 0 Å². The van der Waals surface area contributed by atoms with Gasteiger partial charge in [-0.3, -0.25) is 10.2 Å². The van der Waals surface area contributed by atoms with Crippen molar-refractivity contribution in [2.24, 2.45) is 11.8 Å². The SMILES string of the molecule is CCCCCCCCC(CC)C(=O)NN. The van der Waals surface area contributed by atoms with Crippen molar-refractivity contribution in [3.63, 3.8) is 0 Å². The molecule has 0 aliphatic heterocycles. The van der Waals surface area contributed by atoms with Crippen LogP contribution in [0.15, 0.2) is 0 Å². The van der Waals surface area contributed by atoms with Crippen molar-refractivity contribution in [1.82, 2.24) is 5.43 Å². The average Bonchev–Trinajstić information content (AvgIpc) is 2.27. The molecule has 1 atom stereocenters. The molecule has 3 nitrogen and oxygen atoms in total. The third kappa shape index (κ3) is 7.37. The van der Waals surface area contributed by atoms with Gasteiger partial charge in [-0.2, -0.15) is 0 Å². The number of unbranched alkanes of at least 4 members (excludes halogenated alkanes) is 5. The third-order valence-corrected chi connectivity index (χ3v) is 2.91. The minimum absolute atomic E-state index is 0.00828. The van der Waals surface area contributed by atoms with Gasteiger partial charge in [-0.15, -0.1) is 0 Å². The second-order valence-electron chi connectivity index (χ2n) is 4.17. The van der Waals surface area contributed by atoms with E-state index in [4.69, 9.17) is 5.84 Å². The Kier molecular flexibility index (Phi) is 9.59. The Labute approximate surface area is 93.8 Å². The van der Waals surface area contributed by atoms with Gasteiger partial charge in [0.2, 0.25) is 5.91 Å². The van der Waals surface area contributed by atoms with Gasteiger partial charge in [-0.25, -0.2) is 5.84 Å². The van der Waals surface area contributed by atoms with Crippen LogP contribution in [-0.4, -0.2) is 5.91 Å². The fourth-order valence-corrected chi connectivity index (χ4v) is 1.81. The fraction of sp³-hybridized carbons (Fsp3) is 0.917. The number of nitrogens with one attached hydrogen (secondary N) is 1. The predicted molar refractivity (Wildman–Crippen MR) is 64.1 cm³/mol. The molecule has 0 aromatic rings. The number of hydrogen-bond acceptors (Lipinski definition) is 2. The summed E-state index contributed by atoms with van der Waals surface area (Å²) in [5, 5.41) is 0. The molecule has 1 amide bonds. The molecule has 1 unspecified atom stereocenters. The summed E-state index contributed by atoms with van der Waals surface area (Å²) in [7, 11) is 0. The molecule has 0 saturated carbocycles. The quantitative estimate of drug-likeness (QED) is 0.268. The Morgan fingerprint density at radius 2 is 1.73 bits per heavy atom. The van der Waals surface area contributed by atoms with Gasteiger partial charge < -0.3 is 0 Å². The van der Waals surface area contributed by atoms with Crippen LogP contribution in [-0.2, 0) is 4.79 Å². The largest absolute Gasteiger partial charge is 0.294 e. The lowest BCUT2D eigenvalue weighted by Crippen LogP contribution is -2.35. The molecule has 0 aliphatic carbocycles. The van der Waals surface area contributed by atoms with E-state index in [-0.39, 0.29) is 11.8 Å². The Morgan fingerprint density at radius 1 is 1.13 bits per heavy atom. The lowest BCUT2D eigenvalue weighted by Gasteiger charge is -2.12. The zero-order valence-electron chi connectivity index (χ0n) is 10.2. The molecule has 0 radical (unpaired) electrons. The van der Waals surface area contributed by atoms with E-state index < -0.39 is 0 Å². The minimum Gasteiger partial charge on any atom is -0.294 e. The molecule has 0 aliphatic rings. The van der Waals surface area contributed by atoms with Crippen LogP contribution < -0.4 is 11.3 Å². The van der Waals surface area contributed by atoms with Gasteiger partial charge in [0.05, 0.1) is 0 Å². The van der Waals surface area contributed by atoms with Crippen molar-refractivity contribution in [2.75, 3.05) is 0 Å². The Hall–Kier alpha value is -0.570. The molecule has 3 heteroatoms. The summed E-state index contributed by atoms with van der Waals surface area (Å²) < 4.78 is 0. The summed E-state index contributed by atoms with van der Waals surface area (Å²) in [5.74, 6) is 5.22. The number of rotatable bonds is 9. The summed E-state index contributed by atoms with van der Waals surface area (Å²) in [6.07, 6.45) is 9.51. The molecule has 3 N–H and O–H groups in total. The van der Waals surface area contributed by atoms with Crippen molar-refractivity contribution in [3.8, 4) is 0 Å². The molecule has 0 spiro atoms. The van der Waals surface area contributed by atoms with Crippen LogP contribution in [0.5, 0.6) is 0 Å². The lowest BCUT2D eigenvalue weighted by molar-refractivity contribution is -0.125. The molecule has 0 aromatic carbocycles. The molecule has 0 bridgehead atoms. The van der Waals surface area contributed by atoms with Crippen LogP contribution in [0.3, 0.4) is 0 Å². The van der Waals surface area contributed by atoms with E-state index in [0.29, 0.717) is 0 Å². The zero-order chi connectivity index (χ0) is 11.5. The number of hydrazine groups is 1. The highest BCUT2D eigenvalue weighted by molar-refractivity contribution is 5.77. The highest BCUT2D eigenvalue weighted by Crippen LogP contribution is 2.14. The number of carbonyl (C=O) groups is 1. The first-order chi connectivity index (χ1) is 7.26. The summed E-state index contributed by atoms with van der Waals surface area (Å²) in [6.45, 7) is 4.26. The van der Waals surface area contributed by atoms with Crippen LogP contribution in [0.1, 0.15) is 65.2 Å². The molecular formula is C12H26N2O. The maximum Gasteiger partial charge on any atom is 0.236 e. The predicted octanol–water partition coefficient (Wildman–Crippen LogP) is 2.75. The van der Waals surface area contributed by atoms with E-state index in [1.165, 1.54) is 32.1 Å². The number of hydrogen-bond donors (Lipinski definition) is 2. The van der Waals surface area contributed by atoms with E-state index >= 15 is 0 Å². The minimum atomic E-state index is -0.00828. The topological polar surface area (TPSA) is 55.1 Å². The van der Waals surface area contributed by atoms with E-state index in [0.717, 1.165) is 19.3 Å². The lowest BCUT2D eigenvalue weighted by atomic mass is 9.97. The first kappa shape index (κ1) is 14.4. The van der Waals surface area contributed by atoms with Crippen LogP contribution in [0.4, 0.5) is 0 Å².